The number of hydrogen-bond acceptors (Lipinski definition) is 3. The van der Waals surface area contributed by atoms with E-state index in [1.54, 1.807) is 7.11 Å². The molecule has 0 aliphatic carbocycles. The monoisotopic (exact) mass is 668 g/mol. The van der Waals surface area contributed by atoms with Crippen LogP contribution in [0.3, 0.4) is 0 Å². The maximum absolute atomic E-state index is 6.81. The van der Waals surface area contributed by atoms with Gasteiger partial charge in [0.05, 0.1) is 12.5 Å². The fourth-order valence-corrected chi connectivity index (χ4v) is 7.60. The number of fused-ring (bicyclic) bond motifs is 7. The molecular formula is C49H32O3. The molecular weight excluding hydrogens is 637 g/mol. The fourth-order valence-electron chi connectivity index (χ4n) is 7.60. The molecule has 3 heteroatoms. The first-order chi connectivity index (χ1) is 25.7. The van der Waals surface area contributed by atoms with E-state index in [0.717, 1.165) is 99.7 Å². The number of benzene rings is 8. The zero-order chi connectivity index (χ0) is 34.6. The summed E-state index contributed by atoms with van der Waals surface area (Å²) < 4.78 is 19.5. The summed E-state index contributed by atoms with van der Waals surface area (Å²) in [6.45, 7) is 0. The van der Waals surface area contributed by atoms with Crippen LogP contribution in [-0.2, 0) is 0 Å². The summed E-state index contributed by atoms with van der Waals surface area (Å²) in [5, 5.41) is 4.13. The van der Waals surface area contributed by atoms with Crippen LogP contribution in [0, 0.1) is 0 Å². The summed E-state index contributed by atoms with van der Waals surface area (Å²) in [5.41, 5.74) is 14.3. The van der Waals surface area contributed by atoms with Crippen molar-refractivity contribution in [2.45, 2.75) is 0 Å². The van der Waals surface area contributed by atoms with Gasteiger partial charge in [-0.2, -0.15) is 0 Å². The van der Waals surface area contributed by atoms with Crippen LogP contribution in [-0.4, -0.2) is 7.11 Å². The highest BCUT2D eigenvalue weighted by Gasteiger charge is 2.22. The first-order valence-electron chi connectivity index (χ1n) is 17.5. The van der Waals surface area contributed by atoms with Gasteiger partial charge in [0.15, 0.2) is 0 Å². The Bertz CT molecular complexity index is 2920. The Labute approximate surface area is 301 Å². The molecule has 3 nitrogen and oxygen atoms in total. The van der Waals surface area contributed by atoms with Gasteiger partial charge < -0.3 is 13.6 Å². The molecule has 0 saturated carbocycles. The van der Waals surface area contributed by atoms with Gasteiger partial charge in [-0.05, 0) is 93.0 Å². The minimum atomic E-state index is 0.803. The quantitative estimate of drug-likeness (QED) is 0.177. The molecule has 10 aromatic rings. The standard InChI is InChI=1S/C49H32O3/c1-50-44-23-20-34(31-12-5-2-6-13-31)27-39(44)37-18-11-19-38(26-37)40-30-42-41-28-35(32-14-7-3-8-15-32)21-24-45(41)51-49(42)47-43-29-36(33-16-9-4-10-17-33)22-25-46(43)52-48(40)47/h2-30H,1H3. The molecule has 0 saturated heterocycles. The summed E-state index contributed by atoms with van der Waals surface area (Å²) >= 11 is 0. The molecule has 0 atom stereocenters. The number of furan rings is 2. The third kappa shape index (κ3) is 4.98. The molecule has 2 aromatic heterocycles. The van der Waals surface area contributed by atoms with E-state index < -0.39 is 0 Å². The van der Waals surface area contributed by atoms with E-state index in [2.05, 4.69) is 158 Å². The van der Waals surface area contributed by atoms with Crippen molar-refractivity contribution < 1.29 is 13.6 Å². The van der Waals surface area contributed by atoms with Gasteiger partial charge in [-0.1, -0.05) is 127 Å². The van der Waals surface area contributed by atoms with Crippen molar-refractivity contribution >= 4 is 43.9 Å². The fraction of sp³-hybridized carbons (Fsp3) is 0.0204. The Morgan fingerprint density at radius 1 is 0.346 bits per heavy atom. The van der Waals surface area contributed by atoms with E-state index in [1.807, 2.05) is 18.2 Å². The highest BCUT2D eigenvalue weighted by molar-refractivity contribution is 6.25. The van der Waals surface area contributed by atoms with Crippen LogP contribution in [0.25, 0.3) is 99.5 Å². The van der Waals surface area contributed by atoms with E-state index in [1.165, 1.54) is 5.56 Å². The highest BCUT2D eigenvalue weighted by atomic mass is 16.5. The molecule has 0 aliphatic heterocycles. The van der Waals surface area contributed by atoms with Gasteiger partial charge >= 0.3 is 0 Å². The normalized spacial score (nSPS) is 11.6. The molecule has 0 bridgehead atoms. The van der Waals surface area contributed by atoms with Crippen molar-refractivity contribution in [3.63, 3.8) is 0 Å². The van der Waals surface area contributed by atoms with Gasteiger partial charge in [0.1, 0.15) is 28.1 Å². The molecule has 52 heavy (non-hydrogen) atoms. The summed E-state index contributed by atoms with van der Waals surface area (Å²) in [6, 6.07) is 61.7. The second-order valence-electron chi connectivity index (χ2n) is 13.2. The number of ether oxygens (including phenoxy) is 1. The summed E-state index contributed by atoms with van der Waals surface area (Å²) in [4.78, 5) is 0. The van der Waals surface area contributed by atoms with Gasteiger partial charge in [-0.15, -0.1) is 0 Å². The van der Waals surface area contributed by atoms with Crippen LogP contribution in [0.15, 0.2) is 185 Å². The maximum Gasteiger partial charge on any atom is 0.147 e. The van der Waals surface area contributed by atoms with E-state index >= 15 is 0 Å². The van der Waals surface area contributed by atoms with Crippen molar-refractivity contribution in [3.05, 3.63) is 176 Å². The molecule has 8 aromatic carbocycles. The molecule has 0 fully saturated rings. The predicted molar refractivity (Wildman–Crippen MR) is 215 cm³/mol. The third-order valence-corrected chi connectivity index (χ3v) is 10.2. The number of hydrogen-bond donors (Lipinski definition) is 0. The zero-order valence-electron chi connectivity index (χ0n) is 28.5. The summed E-state index contributed by atoms with van der Waals surface area (Å²) in [6.07, 6.45) is 0. The Morgan fingerprint density at radius 3 is 1.46 bits per heavy atom. The van der Waals surface area contributed by atoms with Crippen molar-refractivity contribution in [3.8, 4) is 61.4 Å². The predicted octanol–water partition coefficient (Wildman–Crippen LogP) is 13.8. The van der Waals surface area contributed by atoms with Gasteiger partial charge in [0.2, 0.25) is 0 Å². The van der Waals surface area contributed by atoms with Gasteiger partial charge in [-0.25, -0.2) is 0 Å². The Balaban J connectivity index is 1.24. The highest BCUT2D eigenvalue weighted by Crippen LogP contribution is 2.46. The van der Waals surface area contributed by atoms with E-state index in [0.29, 0.717) is 0 Å². The van der Waals surface area contributed by atoms with Crippen LogP contribution in [0.4, 0.5) is 0 Å². The lowest BCUT2D eigenvalue weighted by Gasteiger charge is -2.13. The molecule has 2 heterocycles. The van der Waals surface area contributed by atoms with E-state index in [9.17, 15) is 0 Å². The second-order valence-corrected chi connectivity index (χ2v) is 13.2. The van der Waals surface area contributed by atoms with Gasteiger partial charge in [0, 0.05) is 27.3 Å². The largest absolute Gasteiger partial charge is 0.496 e. The van der Waals surface area contributed by atoms with Crippen LogP contribution >= 0.6 is 0 Å². The smallest absolute Gasteiger partial charge is 0.147 e. The lowest BCUT2D eigenvalue weighted by atomic mass is 9.93. The molecule has 0 radical (unpaired) electrons. The molecule has 10 rings (SSSR count). The SMILES string of the molecule is COc1ccc(-c2ccccc2)cc1-c1cccc(-c2cc3c4cc(-c5ccccc5)ccc4oc3c3c2oc2ccc(-c4ccccc4)cc23)c1. The molecule has 246 valence electrons. The van der Waals surface area contributed by atoms with Crippen molar-refractivity contribution in [2.24, 2.45) is 0 Å². The van der Waals surface area contributed by atoms with Crippen LogP contribution in [0.5, 0.6) is 5.75 Å². The maximum atomic E-state index is 6.81. The first-order valence-corrected chi connectivity index (χ1v) is 17.5. The minimum absolute atomic E-state index is 0.803. The Hall–Kier alpha value is -6.84. The van der Waals surface area contributed by atoms with Crippen LogP contribution in [0.1, 0.15) is 0 Å². The van der Waals surface area contributed by atoms with E-state index in [4.69, 9.17) is 13.6 Å². The molecule has 0 amide bonds. The molecule has 0 N–H and O–H groups in total. The average molecular weight is 669 g/mol. The minimum Gasteiger partial charge on any atom is -0.496 e. The van der Waals surface area contributed by atoms with Crippen LogP contribution in [0.2, 0.25) is 0 Å². The zero-order valence-corrected chi connectivity index (χ0v) is 28.5. The second kappa shape index (κ2) is 12.2. The number of rotatable bonds is 6. The summed E-state index contributed by atoms with van der Waals surface area (Å²) in [7, 11) is 1.73. The average Bonchev–Trinajstić information content (AvgIpc) is 3.79. The topological polar surface area (TPSA) is 35.5 Å². The van der Waals surface area contributed by atoms with Crippen molar-refractivity contribution in [2.75, 3.05) is 7.11 Å². The first kappa shape index (κ1) is 30.0. The lowest BCUT2D eigenvalue weighted by molar-refractivity contribution is 0.416. The van der Waals surface area contributed by atoms with E-state index in [-0.39, 0.29) is 0 Å². The van der Waals surface area contributed by atoms with Crippen molar-refractivity contribution in [1.29, 1.82) is 0 Å². The lowest BCUT2D eigenvalue weighted by Crippen LogP contribution is -1.90. The Kier molecular flexibility index (Phi) is 7.04. The third-order valence-electron chi connectivity index (χ3n) is 10.2. The molecule has 0 unspecified atom stereocenters. The Morgan fingerprint density at radius 2 is 0.846 bits per heavy atom. The molecule has 0 spiro atoms. The molecule has 0 aliphatic rings. The van der Waals surface area contributed by atoms with Gasteiger partial charge in [0.25, 0.3) is 0 Å². The number of methoxy groups -OCH3 is 1. The van der Waals surface area contributed by atoms with Crippen molar-refractivity contribution in [1.82, 2.24) is 0 Å². The summed E-state index contributed by atoms with van der Waals surface area (Å²) in [5.74, 6) is 0.823. The van der Waals surface area contributed by atoms with Gasteiger partial charge in [-0.3, -0.25) is 0 Å². The van der Waals surface area contributed by atoms with Crippen LogP contribution < -0.4 is 4.74 Å².